The van der Waals surface area contributed by atoms with Crippen molar-refractivity contribution in [1.29, 1.82) is 0 Å². The first-order chi connectivity index (χ1) is 6.66. The van der Waals surface area contributed by atoms with Gasteiger partial charge in [0.2, 0.25) is 0 Å². The summed E-state index contributed by atoms with van der Waals surface area (Å²) in [6, 6.07) is 4.95. The van der Waals surface area contributed by atoms with E-state index in [0.717, 1.165) is 13.0 Å². The summed E-state index contributed by atoms with van der Waals surface area (Å²) >= 11 is 0. The topological polar surface area (TPSA) is 75.3 Å². The SMILES string of the molecule is CCCNc1cccc(C(=O)O)c1N. The summed E-state index contributed by atoms with van der Waals surface area (Å²) in [5, 5.41) is 11.9. The van der Waals surface area contributed by atoms with Crippen LogP contribution in [-0.4, -0.2) is 17.6 Å². The molecule has 1 aromatic carbocycles. The van der Waals surface area contributed by atoms with Crippen molar-refractivity contribution in [2.45, 2.75) is 13.3 Å². The van der Waals surface area contributed by atoms with Crippen LogP contribution in [0, 0.1) is 0 Å². The molecular weight excluding hydrogens is 180 g/mol. The number of rotatable bonds is 4. The fourth-order valence-corrected chi connectivity index (χ4v) is 1.17. The van der Waals surface area contributed by atoms with E-state index in [1.54, 1.807) is 12.1 Å². The average Bonchev–Trinajstić information content (AvgIpc) is 2.16. The smallest absolute Gasteiger partial charge is 0.337 e. The Morgan fingerprint density at radius 2 is 2.29 bits per heavy atom. The number of anilines is 2. The third kappa shape index (κ3) is 2.16. The van der Waals surface area contributed by atoms with Crippen molar-refractivity contribution in [2.75, 3.05) is 17.6 Å². The number of nitrogens with one attached hydrogen (secondary N) is 1. The van der Waals surface area contributed by atoms with Gasteiger partial charge in [0.05, 0.1) is 16.9 Å². The quantitative estimate of drug-likeness (QED) is 0.639. The van der Waals surface area contributed by atoms with Gasteiger partial charge < -0.3 is 16.2 Å². The molecule has 0 radical (unpaired) electrons. The average molecular weight is 194 g/mol. The van der Waals surface area contributed by atoms with E-state index in [1.165, 1.54) is 6.07 Å². The second-order valence-corrected chi connectivity index (χ2v) is 3.00. The maximum Gasteiger partial charge on any atom is 0.337 e. The van der Waals surface area contributed by atoms with Gasteiger partial charge in [-0.15, -0.1) is 0 Å². The van der Waals surface area contributed by atoms with Crippen molar-refractivity contribution in [3.05, 3.63) is 23.8 Å². The van der Waals surface area contributed by atoms with Crippen LogP contribution in [-0.2, 0) is 0 Å². The van der Waals surface area contributed by atoms with E-state index in [2.05, 4.69) is 5.32 Å². The van der Waals surface area contributed by atoms with E-state index in [-0.39, 0.29) is 5.56 Å². The summed E-state index contributed by atoms with van der Waals surface area (Å²) in [6.07, 6.45) is 0.969. The van der Waals surface area contributed by atoms with Crippen molar-refractivity contribution in [1.82, 2.24) is 0 Å². The van der Waals surface area contributed by atoms with Crippen molar-refractivity contribution in [3.63, 3.8) is 0 Å². The molecule has 0 aromatic heterocycles. The van der Waals surface area contributed by atoms with Crippen molar-refractivity contribution in [3.8, 4) is 0 Å². The molecule has 0 heterocycles. The summed E-state index contributed by atoms with van der Waals surface area (Å²) < 4.78 is 0. The fourth-order valence-electron chi connectivity index (χ4n) is 1.17. The number of nitrogen functional groups attached to an aromatic ring is 1. The van der Waals surface area contributed by atoms with Gasteiger partial charge in [-0.1, -0.05) is 13.0 Å². The molecule has 0 unspecified atom stereocenters. The van der Waals surface area contributed by atoms with E-state index in [0.29, 0.717) is 11.4 Å². The van der Waals surface area contributed by atoms with E-state index >= 15 is 0 Å². The molecule has 4 nitrogen and oxygen atoms in total. The fraction of sp³-hybridized carbons (Fsp3) is 0.300. The summed E-state index contributed by atoms with van der Waals surface area (Å²) in [5.41, 5.74) is 6.81. The number of nitrogens with two attached hydrogens (primary N) is 1. The van der Waals surface area contributed by atoms with E-state index in [4.69, 9.17) is 10.8 Å². The Morgan fingerprint density at radius 3 is 2.86 bits per heavy atom. The first-order valence-electron chi connectivity index (χ1n) is 4.52. The number of carboxylic acids is 1. The van der Waals surface area contributed by atoms with Crippen molar-refractivity contribution >= 4 is 17.3 Å². The first kappa shape index (κ1) is 10.4. The molecule has 76 valence electrons. The summed E-state index contributed by atoms with van der Waals surface area (Å²) in [7, 11) is 0. The lowest BCUT2D eigenvalue weighted by atomic mass is 10.1. The Bertz CT molecular complexity index is 337. The standard InChI is InChI=1S/C10H14N2O2/c1-2-6-12-8-5-3-4-7(9(8)11)10(13)14/h3-5,12H,2,6,11H2,1H3,(H,13,14). The lowest BCUT2D eigenvalue weighted by Crippen LogP contribution is -2.08. The van der Waals surface area contributed by atoms with E-state index < -0.39 is 5.97 Å². The van der Waals surface area contributed by atoms with Crippen LogP contribution in [0.2, 0.25) is 0 Å². The Balaban J connectivity index is 2.95. The van der Waals surface area contributed by atoms with Crippen LogP contribution in [0.5, 0.6) is 0 Å². The van der Waals surface area contributed by atoms with Gasteiger partial charge in [-0.3, -0.25) is 0 Å². The van der Waals surface area contributed by atoms with Gasteiger partial charge >= 0.3 is 5.97 Å². The van der Waals surface area contributed by atoms with E-state index in [1.807, 2.05) is 6.92 Å². The molecular formula is C10H14N2O2. The first-order valence-corrected chi connectivity index (χ1v) is 4.52. The van der Waals surface area contributed by atoms with Crippen LogP contribution in [0.15, 0.2) is 18.2 Å². The molecule has 1 aromatic rings. The summed E-state index contributed by atoms with van der Waals surface area (Å²) in [5.74, 6) is -0.998. The Morgan fingerprint density at radius 1 is 1.57 bits per heavy atom. The molecule has 0 saturated heterocycles. The minimum Gasteiger partial charge on any atom is -0.478 e. The van der Waals surface area contributed by atoms with Gasteiger partial charge in [0.25, 0.3) is 0 Å². The van der Waals surface area contributed by atoms with Crippen molar-refractivity contribution < 1.29 is 9.90 Å². The van der Waals surface area contributed by atoms with Crippen LogP contribution in [0.25, 0.3) is 0 Å². The molecule has 0 fully saturated rings. The number of carbonyl (C=O) groups is 1. The van der Waals surface area contributed by atoms with Gasteiger partial charge in [-0.2, -0.15) is 0 Å². The highest BCUT2D eigenvalue weighted by Gasteiger charge is 2.09. The normalized spacial score (nSPS) is 9.79. The Labute approximate surface area is 82.7 Å². The molecule has 0 saturated carbocycles. The molecule has 0 spiro atoms. The maximum atomic E-state index is 10.7. The third-order valence-corrected chi connectivity index (χ3v) is 1.90. The highest BCUT2D eigenvalue weighted by atomic mass is 16.4. The van der Waals surface area contributed by atoms with Crippen LogP contribution in [0.3, 0.4) is 0 Å². The zero-order valence-corrected chi connectivity index (χ0v) is 8.08. The predicted octanol–water partition coefficient (Wildman–Crippen LogP) is 1.79. The van der Waals surface area contributed by atoms with Crippen LogP contribution in [0.4, 0.5) is 11.4 Å². The molecule has 0 atom stereocenters. The highest BCUT2D eigenvalue weighted by Crippen LogP contribution is 2.22. The third-order valence-electron chi connectivity index (χ3n) is 1.90. The molecule has 4 heteroatoms. The van der Waals surface area contributed by atoms with Gasteiger partial charge in [0.15, 0.2) is 0 Å². The van der Waals surface area contributed by atoms with E-state index in [9.17, 15) is 4.79 Å². The number of hydrogen-bond acceptors (Lipinski definition) is 3. The lowest BCUT2D eigenvalue weighted by molar-refractivity contribution is 0.0698. The van der Waals surface area contributed by atoms with Gasteiger partial charge in [0.1, 0.15) is 0 Å². The lowest BCUT2D eigenvalue weighted by Gasteiger charge is -2.09. The van der Waals surface area contributed by atoms with Crippen LogP contribution in [0.1, 0.15) is 23.7 Å². The largest absolute Gasteiger partial charge is 0.478 e. The Hall–Kier alpha value is -1.71. The monoisotopic (exact) mass is 194 g/mol. The molecule has 14 heavy (non-hydrogen) atoms. The molecule has 0 aliphatic rings. The van der Waals surface area contributed by atoms with Gasteiger partial charge in [-0.05, 0) is 18.6 Å². The molecule has 4 N–H and O–H groups in total. The van der Waals surface area contributed by atoms with Gasteiger partial charge in [0, 0.05) is 6.54 Å². The number of hydrogen-bond donors (Lipinski definition) is 3. The molecule has 1 rings (SSSR count). The molecule has 0 bridgehead atoms. The predicted molar refractivity (Wildman–Crippen MR) is 56.6 cm³/mol. The van der Waals surface area contributed by atoms with Crippen molar-refractivity contribution in [2.24, 2.45) is 0 Å². The zero-order valence-electron chi connectivity index (χ0n) is 8.08. The summed E-state index contributed by atoms with van der Waals surface area (Å²) in [6.45, 7) is 2.82. The number of aromatic carboxylic acids is 1. The second-order valence-electron chi connectivity index (χ2n) is 3.00. The number of benzene rings is 1. The number of para-hydroxylation sites is 1. The Kier molecular flexibility index (Phi) is 3.34. The number of carboxylic acid groups (broad SMARTS) is 1. The van der Waals surface area contributed by atoms with Crippen LogP contribution < -0.4 is 11.1 Å². The van der Waals surface area contributed by atoms with Crippen LogP contribution >= 0.6 is 0 Å². The molecule has 0 aliphatic carbocycles. The zero-order chi connectivity index (χ0) is 10.6. The minimum atomic E-state index is -0.998. The molecule has 0 aliphatic heterocycles. The highest BCUT2D eigenvalue weighted by molar-refractivity contribution is 5.97. The maximum absolute atomic E-state index is 10.7. The van der Waals surface area contributed by atoms with Gasteiger partial charge in [-0.25, -0.2) is 4.79 Å². The summed E-state index contributed by atoms with van der Waals surface area (Å²) in [4.78, 5) is 10.7. The minimum absolute atomic E-state index is 0.145. The second kappa shape index (κ2) is 4.50. The molecule has 0 amide bonds.